The highest BCUT2D eigenvalue weighted by atomic mass is 15.3. The molecule has 2 rings (SSSR count). The van der Waals surface area contributed by atoms with Crippen LogP contribution in [0, 0.1) is 11.8 Å². The van der Waals surface area contributed by atoms with Crippen LogP contribution < -0.4 is 0 Å². The molecule has 0 spiro atoms. The zero-order valence-corrected chi connectivity index (χ0v) is 10.5. The third kappa shape index (κ3) is 3.73. The van der Waals surface area contributed by atoms with Gasteiger partial charge in [-0.25, -0.2) is 4.98 Å². The van der Waals surface area contributed by atoms with E-state index >= 15 is 0 Å². The molecule has 0 aliphatic rings. The molecule has 17 heavy (non-hydrogen) atoms. The van der Waals surface area contributed by atoms with Gasteiger partial charge in [-0.05, 0) is 24.3 Å². The van der Waals surface area contributed by atoms with Gasteiger partial charge in [0.15, 0.2) is 0 Å². The van der Waals surface area contributed by atoms with Crippen LogP contribution in [0.15, 0.2) is 37.2 Å². The fourth-order valence-corrected chi connectivity index (χ4v) is 2.24. The van der Waals surface area contributed by atoms with Crippen molar-refractivity contribution in [1.29, 1.82) is 0 Å². The highest BCUT2D eigenvalue weighted by Crippen LogP contribution is 2.16. The van der Waals surface area contributed by atoms with E-state index in [1.54, 1.807) is 0 Å². The Morgan fingerprint density at radius 1 is 1.12 bits per heavy atom. The van der Waals surface area contributed by atoms with E-state index in [-0.39, 0.29) is 0 Å². The van der Waals surface area contributed by atoms with E-state index in [0.717, 1.165) is 13.1 Å². The maximum absolute atomic E-state index is 4.28. The maximum Gasteiger partial charge on any atom is 0.0946 e. The summed E-state index contributed by atoms with van der Waals surface area (Å²) in [7, 11) is 0. The van der Waals surface area contributed by atoms with Gasteiger partial charge in [-0.1, -0.05) is 13.8 Å². The van der Waals surface area contributed by atoms with E-state index in [2.05, 4.69) is 28.5 Å². The van der Waals surface area contributed by atoms with Crippen molar-refractivity contribution in [3.63, 3.8) is 0 Å². The minimum absolute atomic E-state index is 0.601. The summed E-state index contributed by atoms with van der Waals surface area (Å²) in [5.74, 6) is 1.31. The summed E-state index contributed by atoms with van der Waals surface area (Å²) in [6.45, 7) is 6.52. The van der Waals surface area contributed by atoms with Crippen LogP contribution in [-0.4, -0.2) is 19.3 Å². The molecule has 1 unspecified atom stereocenters. The molecule has 0 amide bonds. The Bertz CT molecular complexity index is 366. The highest BCUT2D eigenvalue weighted by Gasteiger charge is 2.12. The van der Waals surface area contributed by atoms with Crippen molar-refractivity contribution in [3.05, 3.63) is 37.2 Å². The Balaban J connectivity index is 1.97. The van der Waals surface area contributed by atoms with Crippen molar-refractivity contribution in [1.82, 2.24) is 19.3 Å². The molecular weight excluding hydrogens is 212 g/mol. The van der Waals surface area contributed by atoms with Crippen molar-refractivity contribution in [3.8, 4) is 0 Å². The first-order valence-corrected chi connectivity index (χ1v) is 6.17. The molecular formula is C13H20N4. The predicted octanol–water partition coefficient (Wildman–Crippen LogP) is 2.44. The molecule has 0 N–H and O–H groups in total. The molecule has 1 atom stereocenters. The van der Waals surface area contributed by atoms with E-state index in [1.807, 2.05) is 41.9 Å². The molecule has 0 saturated carbocycles. The van der Waals surface area contributed by atoms with Crippen LogP contribution >= 0.6 is 0 Å². The Hall–Kier alpha value is -1.58. The molecule has 92 valence electrons. The van der Waals surface area contributed by atoms with Crippen molar-refractivity contribution < 1.29 is 0 Å². The van der Waals surface area contributed by atoms with Crippen LogP contribution in [0.1, 0.15) is 20.3 Å². The van der Waals surface area contributed by atoms with Gasteiger partial charge in [-0.15, -0.1) is 0 Å². The van der Waals surface area contributed by atoms with E-state index in [1.165, 1.54) is 6.42 Å². The molecule has 2 aromatic rings. The molecule has 0 saturated heterocycles. The van der Waals surface area contributed by atoms with Crippen LogP contribution in [0.4, 0.5) is 0 Å². The van der Waals surface area contributed by atoms with Crippen molar-refractivity contribution in [2.75, 3.05) is 0 Å². The molecule has 2 aromatic heterocycles. The van der Waals surface area contributed by atoms with Gasteiger partial charge in [-0.3, -0.25) is 4.68 Å². The third-order valence-corrected chi connectivity index (χ3v) is 2.84. The number of rotatable bonds is 6. The average molecular weight is 232 g/mol. The number of hydrogen-bond acceptors (Lipinski definition) is 2. The lowest BCUT2D eigenvalue weighted by atomic mass is 9.97. The highest BCUT2D eigenvalue weighted by molar-refractivity contribution is 4.80. The first-order chi connectivity index (χ1) is 8.24. The smallest absolute Gasteiger partial charge is 0.0946 e. The van der Waals surface area contributed by atoms with E-state index in [4.69, 9.17) is 0 Å². The second-order valence-corrected chi connectivity index (χ2v) is 4.98. The van der Waals surface area contributed by atoms with E-state index in [9.17, 15) is 0 Å². The number of hydrogen-bond donors (Lipinski definition) is 0. The number of nitrogens with zero attached hydrogens (tertiary/aromatic N) is 4. The van der Waals surface area contributed by atoms with Gasteiger partial charge in [0.25, 0.3) is 0 Å². The molecule has 0 bridgehead atoms. The van der Waals surface area contributed by atoms with E-state index in [0.29, 0.717) is 11.8 Å². The maximum atomic E-state index is 4.28. The fraction of sp³-hybridized carbons (Fsp3) is 0.538. The molecule has 0 radical (unpaired) electrons. The lowest BCUT2D eigenvalue weighted by Crippen LogP contribution is -2.18. The lowest BCUT2D eigenvalue weighted by molar-refractivity contribution is 0.310. The SMILES string of the molecule is CC(C)CC(Cn1ccnc1)Cn1cccn1. The normalized spacial score (nSPS) is 13.1. The third-order valence-electron chi connectivity index (χ3n) is 2.84. The number of imidazole rings is 1. The van der Waals surface area contributed by atoms with Gasteiger partial charge in [0.05, 0.1) is 6.33 Å². The Morgan fingerprint density at radius 2 is 2.00 bits per heavy atom. The van der Waals surface area contributed by atoms with Crippen molar-refractivity contribution in [2.45, 2.75) is 33.4 Å². The first kappa shape index (κ1) is 11.9. The van der Waals surface area contributed by atoms with Gasteiger partial charge in [-0.2, -0.15) is 5.10 Å². The Kier molecular flexibility index (Phi) is 3.96. The summed E-state index contributed by atoms with van der Waals surface area (Å²) in [6.07, 6.45) is 10.8. The van der Waals surface area contributed by atoms with Crippen LogP contribution in [0.25, 0.3) is 0 Å². The average Bonchev–Trinajstić information content (AvgIpc) is 2.89. The molecule has 4 heteroatoms. The first-order valence-electron chi connectivity index (χ1n) is 6.17. The largest absolute Gasteiger partial charge is 0.337 e. The molecule has 2 heterocycles. The topological polar surface area (TPSA) is 35.6 Å². The Labute approximate surface area is 102 Å². The molecule has 0 aliphatic carbocycles. The summed E-state index contributed by atoms with van der Waals surface area (Å²) in [6, 6.07) is 1.98. The molecule has 4 nitrogen and oxygen atoms in total. The van der Waals surface area contributed by atoms with Crippen LogP contribution in [0.3, 0.4) is 0 Å². The zero-order chi connectivity index (χ0) is 12.1. The van der Waals surface area contributed by atoms with Crippen molar-refractivity contribution in [2.24, 2.45) is 11.8 Å². The minimum atomic E-state index is 0.601. The second kappa shape index (κ2) is 5.66. The van der Waals surface area contributed by atoms with Gasteiger partial charge >= 0.3 is 0 Å². The van der Waals surface area contributed by atoms with Crippen LogP contribution in [-0.2, 0) is 13.1 Å². The fourth-order valence-electron chi connectivity index (χ4n) is 2.24. The van der Waals surface area contributed by atoms with Gasteiger partial charge in [0, 0.05) is 37.9 Å². The zero-order valence-electron chi connectivity index (χ0n) is 10.5. The summed E-state index contributed by atoms with van der Waals surface area (Å²) in [5, 5.41) is 4.28. The second-order valence-electron chi connectivity index (χ2n) is 4.98. The Morgan fingerprint density at radius 3 is 2.59 bits per heavy atom. The molecule has 0 fully saturated rings. The monoisotopic (exact) mass is 232 g/mol. The van der Waals surface area contributed by atoms with Crippen LogP contribution in [0.2, 0.25) is 0 Å². The molecule has 0 aliphatic heterocycles. The summed E-state index contributed by atoms with van der Waals surface area (Å²) in [5.41, 5.74) is 0. The van der Waals surface area contributed by atoms with Gasteiger partial charge in [0.2, 0.25) is 0 Å². The number of aromatic nitrogens is 4. The molecule has 0 aromatic carbocycles. The minimum Gasteiger partial charge on any atom is -0.337 e. The quantitative estimate of drug-likeness (QED) is 0.767. The summed E-state index contributed by atoms with van der Waals surface area (Å²) >= 11 is 0. The van der Waals surface area contributed by atoms with Crippen molar-refractivity contribution >= 4 is 0 Å². The standard InChI is InChI=1S/C13H20N4/c1-12(2)8-13(9-16-7-5-14-11-16)10-17-6-3-4-15-17/h3-7,11-13H,8-10H2,1-2H3. The van der Waals surface area contributed by atoms with E-state index < -0.39 is 0 Å². The van der Waals surface area contributed by atoms with Gasteiger partial charge in [0.1, 0.15) is 0 Å². The summed E-state index contributed by atoms with van der Waals surface area (Å²) < 4.78 is 4.17. The predicted molar refractivity (Wildman–Crippen MR) is 67.4 cm³/mol. The van der Waals surface area contributed by atoms with Gasteiger partial charge < -0.3 is 4.57 Å². The van der Waals surface area contributed by atoms with Crippen LogP contribution in [0.5, 0.6) is 0 Å². The lowest BCUT2D eigenvalue weighted by Gasteiger charge is -2.19. The summed E-state index contributed by atoms with van der Waals surface area (Å²) in [4.78, 5) is 4.09.